The Bertz CT molecular complexity index is 755. The maximum absolute atomic E-state index is 12.4. The molecule has 1 aliphatic heterocycles. The van der Waals surface area contributed by atoms with E-state index in [1.54, 1.807) is 29.4 Å². The van der Waals surface area contributed by atoms with Crippen molar-refractivity contribution in [3.05, 3.63) is 24.5 Å². The number of rotatable bonds is 7. The zero-order chi connectivity index (χ0) is 23.6. The number of ether oxygens (including phenoxy) is 1. The Balaban J connectivity index is 1.87. The molecule has 0 unspecified atom stereocenters. The number of nitrogens with one attached hydrogen (secondary N) is 2. The van der Waals surface area contributed by atoms with E-state index < -0.39 is 5.60 Å². The normalized spacial score (nSPS) is 15.3. The van der Waals surface area contributed by atoms with Crippen molar-refractivity contribution in [3.63, 3.8) is 0 Å². The van der Waals surface area contributed by atoms with E-state index in [9.17, 15) is 9.59 Å². The molecule has 2 amide bonds. The van der Waals surface area contributed by atoms with Crippen LogP contribution in [0.5, 0.6) is 0 Å². The van der Waals surface area contributed by atoms with E-state index in [4.69, 9.17) is 4.74 Å². The van der Waals surface area contributed by atoms with Crippen LogP contribution in [0.15, 0.2) is 29.5 Å². The lowest BCUT2D eigenvalue weighted by Gasteiger charge is -2.36. The Morgan fingerprint density at radius 2 is 2.00 bits per heavy atom. The topological polar surface area (TPSA) is 99.2 Å². The van der Waals surface area contributed by atoms with E-state index in [0.29, 0.717) is 24.7 Å². The van der Waals surface area contributed by atoms with Gasteiger partial charge in [0.05, 0.1) is 11.9 Å². The van der Waals surface area contributed by atoms with Crippen LogP contribution in [-0.4, -0.2) is 77.6 Å². The van der Waals surface area contributed by atoms with Gasteiger partial charge < -0.3 is 25.2 Å². The number of pyridine rings is 1. The van der Waals surface area contributed by atoms with E-state index in [1.807, 2.05) is 34.6 Å². The molecule has 2 heterocycles. The molecule has 2 N–H and O–H groups in total. The van der Waals surface area contributed by atoms with Crippen molar-refractivity contribution in [2.75, 3.05) is 44.6 Å². The molecule has 0 aromatic carbocycles. The molecular weight excluding hydrogens is 408 g/mol. The van der Waals surface area contributed by atoms with Crippen molar-refractivity contribution in [1.29, 1.82) is 0 Å². The summed E-state index contributed by atoms with van der Waals surface area (Å²) in [7, 11) is 0. The third-order valence-corrected chi connectivity index (χ3v) is 5.08. The fraction of sp³-hybridized carbons (Fsp3) is 0.652. The number of hydrogen-bond donors (Lipinski definition) is 2. The molecule has 9 heteroatoms. The Morgan fingerprint density at radius 1 is 1.28 bits per heavy atom. The van der Waals surface area contributed by atoms with Crippen LogP contribution in [0, 0.1) is 5.92 Å². The predicted molar refractivity (Wildman–Crippen MR) is 127 cm³/mol. The van der Waals surface area contributed by atoms with Crippen LogP contribution < -0.4 is 10.6 Å². The Morgan fingerprint density at radius 3 is 2.56 bits per heavy atom. The minimum absolute atomic E-state index is 0.0411. The average Bonchev–Trinajstić information content (AvgIpc) is 2.75. The molecule has 0 bridgehead atoms. The molecule has 1 aromatic rings. The SMILES string of the molecule is CCNC(=NCC(=O)Nc1cccnc1)N1CCC(CN(CC)C(=O)OC(C)(C)C)CC1. The quantitative estimate of drug-likeness (QED) is 0.494. The Kier molecular flexibility index (Phi) is 9.74. The molecule has 0 saturated carbocycles. The molecule has 1 aliphatic rings. The lowest BCUT2D eigenvalue weighted by molar-refractivity contribution is -0.114. The highest BCUT2D eigenvalue weighted by Gasteiger charge is 2.27. The first-order valence-corrected chi connectivity index (χ1v) is 11.4. The first-order chi connectivity index (χ1) is 15.2. The zero-order valence-electron chi connectivity index (χ0n) is 20.1. The van der Waals surface area contributed by atoms with E-state index in [-0.39, 0.29) is 18.5 Å². The van der Waals surface area contributed by atoms with Gasteiger partial charge >= 0.3 is 6.09 Å². The highest BCUT2D eigenvalue weighted by atomic mass is 16.6. The van der Waals surface area contributed by atoms with Crippen LogP contribution >= 0.6 is 0 Å². The van der Waals surface area contributed by atoms with Crippen LogP contribution in [0.1, 0.15) is 47.5 Å². The standard InChI is InChI=1S/C23H38N6O3/c1-6-25-21(26-16-20(30)27-19-9-8-12-24-15-19)29-13-10-18(11-14-29)17-28(7-2)22(31)32-23(3,4)5/h8-9,12,15,18H,6-7,10-11,13-14,16-17H2,1-5H3,(H,25,26)(H,27,30). The highest BCUT2D eigenvalue weighted by molar-refractivity contribution is 5.93. The second kappa shape index (κ2) is 12.3. The second-order valence-corrected chi connectivity index (χ2v) is 8.91. The van der Waals surface area contributed by atoms with Crippen LogP contribution in [0.3, 0.4) is 0 Å². The fourth-order valence-electron chi connectivity index (χ4n) is 3.51. The summed E-state index contributed by atoms with van der Waals surface area (Å²) in [5.74, 6) is 0.974. The number of piperidine rings is 1. The maximum atomic E-state index is 12.4. The molecule has 32 heavy (non-hydrogen) atoms. The highest BCUT2D eigenvalue weighted by Crippen LogP contribution is 2.20. The van der Waals surface area contributed by atoms with Gasteiger partial charge in [-0.15, -0.1) is 0 Å². The lowest BCUT2D eigenvalue weighted by Crippen LogP contribution is -2.48. The molecule has 2 rings (SSSR count). The molecule has 0 spiro atoms. The van der Waals surface area contributed by atoms with E-state index >= 15 is 0 Å². The van der Waals surface area contributed by atoms with Gasteiger partial charge in [-0.1, -0.05) is 0 Å². The van der Waals surface area contributed by atoms with Crippen LogP contribution in [0.2, 0.25) is 0 Å². The van der Waals surface area contributed by atoms with Crippen LogP contribution in [0.4, 0.5) is 10.5 Å². The van der Waals surface area contributed by atoms with Gasteiger partial charge in [0.15, 0.2) is 5.96 Å². The summed E-state index contributed by atoms with van der Waals surface area (Å²) in [6.07, 6.45) is 4.91. The van der Waals surface area contributed by atoms with E-state index in [0.717, 1.165) is 38.4 Å². The largest absolute Gasteiger partial charge is 0.444 e. The van der Waals surface area contributed by atoms with Crippen LogP contribution in [-0.2, 0) is 9.53 Å². The average molecular weight is 447 g/mol. The number of carbonyl (C=O) groups excluding carboxylic acids is 2. The smallest absolute Gasteiger partial charge is 0.410 e. The number of hydrogen-bond acceptors (Lipinski definition) is 5. The van der Waals surface area contributed by atoms with E-state index in [2.05, 4.69) is 25.5 Å². The molecule has 178 valence electrons. The van der Waals surface area contributed by atoms with Gasteiger partial charge in [-0.05, 0) is 65.5 Å². The minimum Gasteiger partial charge on any atom is -0.444 e. The molecule has 1 aromatic heterocycles. The summed E-state index contributed by atoms with van der Waals surface area (Å²) in [4.78, 5) is 37.1. The van der Waals surface area contributed by atoms with E-state index in [1.165, 1.54) is 0 Å². The summed E-state index contributed by atoms with van der Waals surface area (Å²) >= 11 is 0. The first kappa shape index (κ1) is 25.4. The summed E-state index contributed by atoms with van der Waals surface area (Å²) in [5.41, 5.74) is 0.165. The summed E-state index contributed by atoms with van der Waals surface area (Å²) in [6, 6.07) is 3.57. The number of aromatic nitrogens is 1. The van der Waals surface area contributed by atoms with Gasteiger partial charge in [0, 0.05) is 38.9 Å². The van der Waals surface area contributed by atoms with Crippen LogP contribution in [0.25, 0.3) is 0 Å². The van der Waals surface area contributed by atoms with Gasteiger partial charge in [-0.2, -0.15) is 0 Å². The maximum Gasteiger partial charge on any atom is 0.410 e. The molecule has 1 fully saturated rings. The molecule has 9 nitrogen and oxygen atoms in total. The molecule has 0 atom stereocenters. The van der Waals surface area contributed by atoms with Crippen molar-refractivity contribution in [3.8, 4) is 0 Å². The fourth-order valence-corrected chi connectivity index (χ4v) is 3.51. The number of guanidine groups is 1. The number of likely N-dealkylation sites (tertiary alicyclic amines) is 1. The van der Waals surface area contributed by atoms with Gasteiger partial charge in [0.25, 0.3) is 0 Å². The first-order valence-electron chi connectivity index (χ1n) is 11.4. The molecule has 0 aliphatic carbocycles. The number of carbonyl (C=O) groups is 2. The number of amides is 2. The van der Waals surface area contributed by atoms with Crippen molar-refractivity contribution < 1.29 is 14.3 Å². The lowest BCUT2D eigenvalue weighted by atomic mass is 9.96. The Hall–Kier alpha value is -2.84. The summed E-state index contributed by atoms with van der Waals surface area (Å²) < 4.78 is 5.53. The molecular formula is C23H38N6O3. The predicted octanol–water partition coefficient (Wildman–Crippen LogP) is 2.95. The van der Waals surface area contributed by atoms with Gasteiger partial charge in [-0.3, -0.25) is 9.78 Å². The number of aliphatic imine (C=N–C) groups is 1. The molecule has 0 radical (unpaired) electrons. The van der Waals surface area contributed by atoms with Crippen molar-refractivity contribution in [2.45, 2.75) is 53.1 Å². The van der Waals surface area contributed by atoms with Crippen molar-refractivity contribution in [2.24, 2.45) is 10.9 Å². The second-order valence-electron chi connectivity index (χ2n) is 8.91. The summed E-state index contributed by atoms with van der Waals surface area (Å²) in [5, 5.41) is 6.08. The number of nitrogens with zero attached hydrogens (tertiary/aromatic N) is 4. The Labute approximate surface area is 191 Å². The number of anilines is 1. The van der Waals surface area contributed by atoms with Crippen molar-refractivity contribution >= 4 is 23.6 Å². The molecule has 1 saturated heterocycles. The van der Waals surface area contributed by atoms with Gasteiger partial charge in [-0.25, -0.2) is 9.79 Å². The zero-order valence-corrected chi connectivity index (χ0v) is 20.1. The van der Waals surface area contributed by atoms with Gasteiger partial charge in [0.2, 0.25) is 5.91 Å². The monoisotopic (exact) mass is 446 g/mol. The summed E-state index contributed by atoms with van der Waals surface area (Å²) in [6.45, 7) is 13.4. The van der Waals surface area contributed by atoms with Gasteiger partial charge in [0.1, 0.15) is 12.1 Å². The van der Waals surface area contributed by atoms with Crippen molar-refractivity contribution in [1.82, 2.24) is 20.1 Å². The third-order valence-electron chi connectivity index (χ3n) is 5.08. The third kappa shape index (κ3) is 8.72. The minimum atomic E-state index is -0.492.